The van der Waals surface area contributed by atoms with Gasteiger partial charge in [0, 0.05) is 23.8 Å². The molecule has 0 spiro atoms. The number of rotatable bonds is 6. The number of aromatic nitrogens is 2. The van der Waals surface area contributed by atoms with E-state index >= 15 is 0 Å². The van der Waals surface area contributed by atoms with E-state index in [0.29, 0.717) is 18.7 Å². The molecule has 32 heavy (non-hydrogen) atoms. The van der Waals surface area contributed by atoms with Gasteiger partial charge in [-0.25, -0.2) is 0 Å². The van der Waals surface area contributed by atoms with Gasteiger partial charge in [0.15, 0.2) is 0 Å². The van der Waals surface area contributed by atoms with Gasteiger partial charge in [-0.1, -0.05) is 0 Å². The highest BCUT2D eigenvalue weighted by molar-refractivity contribution is 5.54. The summed E-state index contributed by atoms with van der Waals surface area (Å²) >= 11 is 0. The molecule has 0 bridgehead atoms. The number of benzene rings is 1. The number of fused-ring (bicyclic) bond motifs is 1. The van der Waals surface area contributed by atoms with Crippen LogP contribution in [0, 0.1) is 17.0 Å². The number of likely N-dealkylation sites (tertiary alicyclic amines) is 1. The van der Waals surface area contributed by atoms with Crippen LogP contribution < -0.4 is 14.8 Å². The lowest BCUT2D eigenvalue weighted by Gasteiger charge is -2.40. The summed E-state index contributed by atoms with van der Waals surface area (Å²) < 4.78 is 49.0. The van der Waals surface area contributed by atoms with Crippen molar-refractivity contribution in [3.05, 3.63) is 40.1 Å². The SMILES string of the molecule is Cc1cc(OC(F)(F)F)ccc1NC1CCCCN1CC1(C)Cn2cc([N+](=O)[O-])nc2O1. The van der Waals surface area contributed by atoms with Crippen molar-refractivity contribution in [3.8, 4) is 11.8 Å². The zero-order valence-corrected chi connectivity index (χ0v) is 17.7. The van der Waals surface area contributed by atoms with Gasteiger partial charge in [0.2, 0.25) is 0 Å². The molecule has 4 rings (SSSR count). The number of ether oxygens (including phenoxy) is 2. The van der Waals surface area contributed by atoms with E-state index in [4.69, 9.17) is 4.74 Å². The molecule has 12 heteroatoms. The van der Waals surface area contributed by atoms with Crippen molar-refractivity contribution in [2.75, 3.05) is 18.4 Å². The van der Waals surface area contributed by atoms with Crippen molar-refractivity contribution < 1.29 is 27.6 Å². The summed E-state index contributed by atoms with van der Waals surface area (Å²) in [5.74, 6) is -0.496. The number of nitrogens with zero attached hydrogens (tertiary/aromatic N) is 4. The molecule has 1 aromatic heterocycles. The number of hydrogen-bond acceptors (Lipinski definition) is 7. The van der Waals surface area contributed by atoms with Crippen LogP contribution in [0.4, 0.5) is 24.7 Å². The summed E-state index contributed by atoms with van der Waals surface area (Å²) in [7, 11) is 0. The minimum absolute atomic E-state index is 0.0282. The minimum Gasteiger partial charge on any atom is -0.436 e. The molecule has 2 aliphatic rings. The van der Waals surface area contributed by atoms with E-state index < -0.39 is 16.9 Å². The van der Waals surface area contributed by atoms with Gasteiger partial charge in [-0.05, 0) is 61.8 Å². The molecular weight excluding hydrogens is 431 g/mol. The zero-order valence-electron chi connectivity index (χ0n) is 17.7. The third kappa shape index (κ3) is 4.90. The monoisotopic (exact) mass is 455 g/mol. The first-order valence-electron chi connectivity index (χ1n) is 10.3. The smallest absolute Gasteiger partial charge is 0.436 e. The average molecular weight is 455 g/mol. The molecule has 174 valence electrons. The van der Waals surface area contributed by atoms with Gasteiger partial charge in [0.25, 0.3) is 0 Å². The molecule has 1 aromatic carbocycles. The summed E-state index contributed by atoms with van der Waals surface area (Å²) in [4.78, 5) is 16.5. The van der Waals surface area contributed by atoms with Crippen molar-refractivity contribution in [1.82, 2.24) is 14.5 Å². The van der Waals surface area contributed by atoms with E-state index in [1.807, 2.05) is 6.92 Å². The number of aryl methyl sites for hydroxylation is 1. The summed E-state index contributed by atoms with van der Waals surface area (Å²) in [5, 5.41) is 14.4. The van der Waals surface area contributed by atoms with Crippen molar-refractivity contribution in [3.63, 3.8) is 0 Å². The summed E-state index contributed by atoms with van der Waals surface area (Å²) in [6.45, 7) is 5.50. The first-order chi connectivity index (χ1) is 15.0. The van der Waals surface area contributed by atoms with Crippen LogP contribution in [0.1, 0.15) is 31.7 Å². The number of imidazole rings is 1. The van der Waals surface area contributed by atoms with Gasteiger partial charge in [-0.2, -0.15) is 0 Å². The van der Waals surface area contributed by atoms with E-state index in [1.54, 1.807) is 17.6 Å². The Bertz CT molecular complexity index is 986. The third-order valence-corrected chi connectivity index (χ3v) is 5.66. The molecule has 1 saturated heterocycles. The molecule has 0 aliphatic carbocycles. The van der Waals surface area contributed by atoms with Crippen molar-refractivity contribution in [2.24, 2.45) is 0 Å². The lowest BCUT2D eigenvalue weighted by molar-refractivity contribution is -0.389. The second-order valence-corrected chi connectivity index (χ2v) is 8.47. The van der Waals surface area contributed by atoms with Gasteiger partial charge >= 0.3 is 18.2 Å². The van der Waals surface area contributed by atoms with Crippen LogP contribution in [0.5, 0.6) is 11.8 Å². The average Bonchev–Trinajstić information content (AvgIpc) is 3.19. The molecule has 1 fully saturated rings. The van der Waals surface area contributed by atoms with Gasteiger partial charge < -0.3 is 24.9 Å². The Hall–Kier alpha value is -3.02. The van der Waals surface area contributed by atoms with Gasteiger partial charge in [0.05, 0.1) is 12.7 Å². The number of nitrogens with one attached hydrogen (secondary N) is 1. The number of alkyl halides is 3. The zero-order chi connectivity index (χ0) is 23.1. The van der Waals surface area contributed by atoms with Crippen LogP contribution in [0.15, 0.2) is 24.4 Å². The van der Waals surface area contributed by atoms with Crippen molar-refractivity contribution >= 4 is 11.5 Å². The highest BCUT2D eigenvalue weighted by Crippen LogP contribution is 2.34. The Morgan fingerprint density at radius 1 is 1.41 bits per heavy atom. The predicted octanol–water partition coefficient (Wildman–Crippen LogP) is 4.07. The Morgan fingerprint density at radius 3 is 2.84 bits per heavy atom. The molecule has 3 heterocycles. The van der Waals surface area contributed by atoms with E-state index in [0.717, 1.165) is 31.5 Å². The number of anilines is 1. The van der Waals surface area contributed by atoms with Crippen LogP contribution >= 0.6 is 0 Å². The molecule has 0 radical (unpaired) electrons. The molecule has 0 saturated carbocycles. The molecule has 0 amide bonds. The van der Waals surface area contributed by atoms with Crippen molar-refractivity contribution in [2.45, 2.75) is 57.8 Å². The molecule has 2 atom stereocenters. The number of nitro groups is 1. The van der Waals surface area contributed by atoms with Gasteiger partial charge in [-0.3, -0.25) is 9.47 Å². The number of piperidine rings is 1. The van der Waals surface area contributed by atoms with Crippen LogP contribution in [0.3, 0.4) is 0 Å². The maximum absolute atomic E-state index is 12.5. The first kappa shape index (κ1) is 22.2. The second kappa shape index (κ2) is 8.15. The summed E-state index contributed by atoms with van der Waals surface area (Å²) in [6.07, 6.45) is -0.478. The fourth-order valence-corrected chi connectivity index (χ4v) is 4.31. The van der Waals surface area contributed by atoms with Gasteiger partial charge in [0.1, 0.15) is 17.5 Å². The summed E-state index contributed by atoms with van der Waals surface area (Å²) in [6, 6.07) is 4.47. The number of halogens is 3. The maximum atomic E-state index is 12.5. The number of hydrogen-bond donors (Lipinski definition) is 1. The van der Waals surface area contributed by atoms with E-state index in [-0.39, 0.29) is 23.7 Å². The molecule has 2 aliphatic heterocycles. The molecular formula is C20H24F3N5O4. The van der Waals surface area contributed by atoms with E-state index in [9.17, 15) is 23.3 Å². The van der Waals surface area contributed by atoms with Crippen LogP contribution in [-0.2, 0) is 6.54 Å². The van der Waals surface area contributed by atoms with Gasteiger partial charge in [-0.15, -0.1) is 13.2 Å². The Morgan fingerprint density at radius 2 is 2.19 bits per heavy atom. The quantitative estimate of drug-likeness (QED) is 0.518. The highest BCUT2D eigenvalue weighted by Gasteiger charge is 2.43. The van der Waals surface area contributed by atoms with Crippen LogP contribution in [0.2, 0.25) is 0 Å². The predicted molar refractivity (Wildman–Crippen MR) is 109 cm³/mol. The lowest BCUT2D eigenvalue weighted by Crippen LogP contribution is -2.53. The molecule has 9 nitrogen and oxygen atoms in total. The van der Waals surface area contributed by atoms with E-state index in [2.05, 4.69) is 19.9 Å². The Balaban J connectivity index is 1.43. The molecule has 2 aromatic rings. The minimum atomic E-state index is -4.73. The molecule has 2 unspecified atom stereocenters. The lowest BCUT2D eigenvalue weighted by atomic mass is 10.0. The molecule has 1 N–H and O–H groups in total. The second-order valence-electron chi connectivity index (χ2n) is 8.47. The fraction of sp³-hybridized carbons (Fsp3) is 0.550. The Labute approximate surface area is 182 Å². The summed E-state index contributed by atoms with van der Waals surface area (Å²) in [5.41, 5.74) is 0.777. The Kier molecular flexibility index (Phi) is 5.65. The van der Waals surface area contributed by atoms with Crippen molar-refractivity contribution in [1.29, 1.82) is 0 Å². The van der Waals surface area contributed by atoms with Crippen LogP contribution in [0.25, 0.3) is 0 Å². The van der Waals surface area contributed by atoms with Crippen LogP contribution in [-0.4, -0.2) is 50.6 Å². The third-order valence-electron chi connectivity index (χ3n) is 5.66. The first-order valence-corrected chi connectivity index (χ1v) is 10.3. The highest BCUT2D eigenvalue weighted by atomic mass is 19.4. The standard InChI is InChI=1S/C20H24F3N5O4/c1-13-9-14(31-20(21,22)23)6-7-15(13)24-16-5-3-4-8-26(16)11-19(2)12-27-10-17(28(29)30)25-18(27)32-19/h6-7,9-10,16,24H,3-5,8,11-12H2,1-2H3. The van der Waals surface area contributed by atoms with E-state index in [1.165, 1.54) is 18.3 Å². The fourth-order valence-electron chi connectivity index (χ4n) is 4.31. The normalized spacial score (nSPS) is 23.5. The maximum Gasteiger partial charge on any atom is 0.573 e. The topological polar surface area (TPSA) is 94.7 Å². The largest absolute Gasteiger partial charge is 0.573 e.